The lowest BCUT2D eigenvalue weighted by Gasteiger charge is -2.35. The van der Waals surface area contributed by atoms with Crippen molar-refractivity contribution in [2.45, 2.75) is 26.7 Å². The molecule has 0 bridgehead atoms. The van der Waals surface area contributed by atoms with Gasteiger partial charge in [-0.15, -0.1) is 0 Å². The van der Waals surface area contributed by atoms with Crippen LogP contribution in [0.5, 0.6) is 0 Å². The molecule has 1 fully saturated rings. The van der Waals surface area contributed by atoms with E-state index < -0.39 is 0 Å². The van der Waals surface area contributed by atoms with Crippen molar-refractivity contribution in [2.24, 2.45) is 12.0 Å². The van der Waals surface area contributed by atoms with Crippen LogP contribution in [-0.2, 0) is 11.8 Å². The maximum absolute atomic E-state index is 12.5. The number of amides is 1. The number of rotatable bonds is 8. The van der Waals surface area contributed by atoms with Crippen LogP contribution < -0.4 is 10.2 Å². The first-order valence-corrected chi connectivity index (χ1v) is 9.56. The van der Waals surface area contributed by atoms with Gasteiger partial charge in [0.15, 0.2) is 5.96 Å². The largest absolute Gasteiger partial charge is 0.356 e. The minimum Gasteiger partial charge on any atom is -0.356 e. The normalized spacial score (nSPS) is 15.9. The van der Waals surface area contributed by atoms with Crippen LogP contribution in [0, 0.1) is 0 Å². The summed E-state index contributed by atoms with van der Waals surface area (Å²) in [5.41, 5.74) is 0.858. The molecule has 1 amide bonds. The molecule has 146 valence electrons. The molecular formula is C18H33N7O. The van der Waals surface area contributed by atoms with Crippen molar-refractivity contribution in [2.75, 3.05) is 57.8 Å². The Bertz CT molecular complexity index is 594. The molecule has 1 saturated heterocycles. The Kier molecular flexibility index (Phi) is 7.90. The van der Waals surface area contributed by atoms with Crippen LogP contribution in [0.3, 0.4) is 0 Å². The highest BCUT2D eigenvalue weighted by Crippen LogP contribution is 2.16. The van der Waals surface area contributed by atoms with E-state index in [0.29, 0.717) is 13.1 Å². The third-order valence-electron chi connectivity index (χ3n) is 4.81. The summed E-state index contributed by atoms with van der Waals surface area (Å²) in [7, 11) is 3.63. The summed E-state index contributed by atoms with van der Waals surface area (Å²) >= 11 is 0. The van der Waals surface area contributed by atoms with E-state index in [9.17, 15) is 4.79 Å². The number of guanidine groups is 1. The van der Waals surface area contributed by atoms with Crippen LogP contribution in [0.1, 0.15) is 26.7 Å². The van der Waals surface area contributed by atoms with E-state index >= 15 is 0 Å². The molecule has 1 N–H and O–H groups in total. The molecule has 1 aromatic heterocycles. The van der Waals surface area contributed by atoms with Gasteiger partial charge in [-0.2, -0.15) is 5.10 Å². The predicted molar refractivity (Wildman–Crippen MR) is 106 cm³/mol. The maximum Gasteiger partial charge on any atom is 0.246 e. The van der Waals surface area contributed by atoms with Gasteiger partial charge in [-0.3, -0.25) is 14.5 Å². The van der Waals surface area contributed by atoms with Gasteiger partial charge in [-0.05, 0) is 32.5 Å². The minimum absolute atomic E-state index is 0.0775. The van der Waals surface area contributed by atoms with Crippen molar-refractivity contribution in [3.63, 3.8) is 0 Å². The topological polar surface area (TPSA) is 69.0 Å². The Hall–Kier alpha value is -2.09. The molecule has 8 heteroatoms. The Balaban J connectivity index is 1.76. The number of hydrogen-bond donors (Lipinski definition) is 1. The molecule has 0 spiro atoms. The average Bonchev–Trinajstić information content (AvgIpc) is 3.07. The number of carbonyl (C=O) groups is 1. The van der Waals surface area contributed by atoms with Crippen molar-refractivity contribution in [1.29, 1.82) is 0 Å². The van der Waals surface area contributed by atoms with Gasteiger partial charge in [0.05, 0.1) is 11.9 Å². The van der Waals surface area contributed by atoms with Crippen LogP contribution in [0.25, 0.3) is 0 Å². The van der Waals surface area contributed by atoms with Crippen molar-refractivity contribution in [3.8, 4) is 0 Å². The lowest BCUT2D eigenvalue weighted by molar-refractivity contribution is -0.120. The molecule has 0 aliphatic carbocycles. The zero-order valence-corrected chi connectivity index (χ0v) is 16.6. The van der Waals surface area contributed by atoms with Crippen LogP contribution in [0.4, 0.5) is 5.69 Å². The van der Waals surface area contributed by atoms with Gasteiger partial charge < -0.3 is 20.0 Å². The predicted octanol–water partition coefficient (Wildman–Crippen LogP) is 0.766. The van der Waals surface area contributed by atoms with E-state index in [4.69, 9.17) is 0 Å². The van der Waals surface area contributed by atoms with Gasteiger partial charge in [0.1, 0.15) is 6.54 Å². The number of aromatic nitrogens is 2. The molecule has 0 saturated carbocycles. The molecule has 1 aliphatic rings. The fraction of sp³-hybridized carbons (Fsp3) is 0.722. The highest BCUT2D eigenvalue weighted by atomic mass is 16.2. The first-order valence-electron chi connectivity index (χ1n) is 9.56. The lowest BCUT2D eigenvalue weighted by Crippen LogP contribution is -2.55. The number of aliphatic imine (C=N–C) groups is 1. The van der Waals surface area contributed by atoms with Crippen LogP contribution in [-0.4, -0.2) is 84.3 Å². The highest BCUT2D eigenvalue weighted by Gasteiger charge is 2.27. The summed E-state index contributed by atoms with van der Waals surface area (Å²) < 4.78 is 1.72. The van der Waals surface area contributed by atoms with Crippen LogP contribution in [0.15, 0.2) is 17.4 Å². The van der Waals surface area contributed by atoms with Crippen molar-refractivity contribution in [1.82, 2.24) is 24.9 Å². The standard InChI is InChI=1S/C18H33N7O/c1-5-23(6-2)10-8-7-9-20-18(19-3)24-11-12-25(17(26)15-24)16-13-21-22(4)14-16/h13-14H,5-12,15H2,1-4H3,(H,19,20). The quantitative estimate of drug-likeness (QED) is 0.420. The van der Waals surface area contributed by atoms with E-state index in [1.165, 1.54) is 6.42 Å². The van der Waals surface area contributed by atoms with Gasteiger partial charge in [0.25, 0.3) is 0 Å². The number of nitrogens with zero attached hydrogens (tertiary/aromatic N) is 6. The molecular weight excluding hydrogens is 330 g/mol. The molecule has 1 aliphatic heterocycles. The smallest absolute Gasteiger partial charge is 0.246 e. The summed E-state index contributed by atoms with van der Waals surface area (Å²) in [5.74, 6) is 0.890. The number of aryl methyl sites for hydroxylation is 1. The zero-order valence-electron chi connectivity index (χ0n) is 16.6. The highest BCUT2D eigenvalue weighted by molar-refractivity contribution is 5.98. The number of piperazine rings is 1. The van der Waals surface area contributed by atoms with E-state index in [-0.39, 0.29) is 5.91 Å². The van der Waals surface area contributed by atoms with Gasteiger partial charge in [-0.25, -0.2) is 0 Å². The second kappa shape index (κ2) is 10.2. The maximum atomic E-state index is 12.5. The zero-order chi connectivity index (χ0) is 18.9. The first kappa shape index (κ1) is 20.2. The first-order chi connectivity index (χ1) is 12.6. The monoisotopic (exact) mass is 363 g/mol. The molecule has 26 heavy (non-hydrogen) atoms. The number of carbonyl (C=O) groups excluding carboxylic acids is 1. The number of nitrogens with one attached hydrogen (secondary N) is 1. The third-order valence-corrected chi connectivity index (χ3v) is 4.81. The SMILES string of the molecule is CCN(CC)CCCCNC(=NC)N1CCN(c2cnn(C)c2)C(=O)C1. The molecule has 0 atom stereocenters. The van der Waals surface area contributed by atoms with Gasteiger partial charge in [0.2, 0.25) is 5.91 Å². The second-order valence-corrected chi connectivity index (χ2v) is 6.55. The van der Waals surface area contributed by atoms with E-state index in [2.05, 4.69) is 34.2 Å². The summed E-state index contributed by atoms with van der Waals surface area (Å²) in [4.78, 5) is 23.1. The molecule has 0 aromatic carbocycles. The Morgan fingerprint density at radius 1 is 1.31 bits per heavy atom. The van der Waals surface area contributed by atoms with Crippen molar-refractivity contribution < 1.29 is 4.79 Å². The van der Waals surface area contributed by atoms with E-state index in [1.807, 2.05) is 18.1 Å². The molecule has 1 aromatic rings. The van der Waals surface area contributed by atoms with Crippen molar-refractivity contribution >= 4 is 17.6 Å². The van der Waals surface area contributed by atoms with Gasteiger partial charge in [-0.1, -0.05) is 13.8 Å². The third kappa shape index (κ3) is 5.45. The van der Waals surface area contributed by atoms with Crippen LogP contribution in [0.2, 0.25) is 0 Å². The fourth-order valence-electron chi connectivity index (χ4n) is 3.21. The number of anilines is 1. The Morgan fingerprint density at radius 3 is 2.65 bits per heavy atom. The molecule has 0 unspecified atom stereocenters. The minimum atomic E-state index is 0.0775. The average molecular weight is 364 g/mol. The van der Waals surface area contributed by atoms with Gasteiger partial charge in [0, 0.05) is 39.9 Å². The van der Waals surface area contributed by atoms with E-state index in [1.54, 1.807) is 22.8 Å². The summed E-state index contributed by atoms with van der Waals surface area (Å²) in [6, 6.07) is 0. The Morgan fingerprint density at radius 2 is 2.08 bits per heavy atom. The van der Waals surface area contributed by atoms with Gasteiger partial charge >= 0.3 is 0 Å². The molecule has 8 nitrogen and oxygen atoms in total. The van der Waals surface area contributed by atoms with Crippen molar-refractivity contribution in [3.05, 3.63) is 12.4 Å². The second-order valence-electron chi connectivity index (χ2n) is 6.55. The van der Waals surface area contributed by atoms with Crippen LogP contribution >= 0.6 is 0 Å². The van der Waals surface area contributed by atoms with E-state index in [0.717, 1.165) is 50.8 Å². The fourth-order valence-corrected chi connectivity index (χ4v) is 3.21. The lowest BCUT2D eigenvalue weighted by atomic mass is 10.2. The molecule has 0 radical (unpaired) electrons. The molecule has 2 rings (SSSR count). The summed E-state index contributed by atoms with van der Waals surface area (Å²) in [5, 5.41) is 7.55. The number of unbranched alkanes of at least 4 members (excludes halogenated alkanes) is 1. The summed E-state index contributed by atoms with van der Waals surface area (Å²) in [6.07, 6.45) is 5.87. The summed E-state index contributed by atoms with van der Waals surface area (Å²) in [6.45, 7) is 10.4. The molecule has 2 heterocycles. The number of hydrogen-bond acceptors (Lipinski definition) is 4. The Labute approximate surface area is 156 Å².